The number of amides is 1. The maximum atomic E-state index is 11.6. The van der Waals surface area contributed by atoms with Gasteiger partial charge in [0.2, 0.25) is 5.91 Å². The van der Waals surface area contributed by atoms with Gasteiger partial charge in [0.1, 0.15) is 6.61 Å². The van der Waals surface area contributed by atoms with Crippen LogP contribution in [-0.4, -0.2) is 50.2 Å². The number of rotatable bonds is 5. The molecule has 0 atom stereocenters. The van der Waals surface area contributed by atoms with Crippen molar-refractivity contribution in [2.24, 2.45) is 5.41 Å². The lowest BCUT2D eigenvalue weighted by atomic mass is 9.92. The Morgan fingerprint density at radius 2 is 1.94 bits per heavy atom. The van der Waals surface area contributed by atoms with Gasteiger partial charge in [-0.3, -0.25) is 4.79 Å². The zero-order chi connectivity index (χ0) is 13.6. The molecule has 0 aromatic heterocycles. The second kappa shape index (κ2) is 7.10. The summed E-state index contributed by atoms with van der Waals surface area (Å²) < 4.78 is 4.88. The SMILES string of the molecule is COCC(=O)N1CCC(NCCC(C)(C)C)CC1. The molecule has 1 heterocycles. The van der Waals surface area contributed by atoms with Crippen LogP contribution in [0.1, 0.15) is 40.0 Å². The molecule has 1 saturated heterocycles. The van der Waals surface area contributed by atoms with Gasteiger partial charge in [0.15, 0.2) is 0 Å². The summed E-state index contributed by atoms with van der Waals surface area (Å²) >= 11 is 0. The van der Waals surface area contributed by atoms with Gasteiger partial charge in [-0.05, 0) is 31.2 Å². The molecule has 1 amide bonds. The van der Waals surface area contributed by atoms with Crippen molar-refractivity contribution in [3.8, 4) is 0 Å². The molecule has 0 bridgehead atoms. The molecule has 1 N–H and O–H groups in total. The summed E-state index contributed by atoms with van der Waals surface area (Å²) in [4.78, 5) is 13.5. The van der Waals surface area contributed by atoms with E-state index in [9.17, 15) is 4.79 Å². The fourth-order valence-electron chi connectivity index (χ4n) is 2.20. The van der Waals surface area contributed by atoms with Crippen LogP contribution in [0.3, 0.4) is 0 Å². The van der Waals surface area contributed by atoms with Crippen LogP contribution in [0.2, 0.25) is 0 Å². The van der Waals surface area contributed by atoms with Crippen molar-refractivity contribution in [2.45, 2.75) is 46.1 Å². The Bertz CT molecular complexity index is 253. The molecule has 0 saturated carbocycles. The number of hydrogen-bond donors (Lipinski definition) is 1. The minimum absolute atomic E-state index is 0.116. The highest BCUT2D eigenvalue weighted by Gasteiger charge is 2.22. The number of piperidine rings is 1. The van der Waals surface area contributed by atoms with Gasteiger partial charge in [-0.25, -0.2) is 0 Å². The number of carbonyl (C=O) groups is 1. The van der Waals surface area contributed by atoms with Crippen LogP contribution >= 0.6 is 0 Å². The Balaban J connectivity index is 2.17. The van der Waals surface area contributed by atoms with Gasteiger partial charge in [-0.2, -0.15) is 0 Å². The monoisotopic (exact) mass is 256 g/mol. The average molecular weight is 256 g/mol. The molecule has 0 unspecified atom stereocenters. The number of nitrogens with zero attached hydrogens (tertiary/aromatic N) is 1. The summed E-state index contributed by atoms with van der Waals surface area (Å²) in [6.45, 7) is 9.79. The Morgan fingerprint density at radius 1 is 1.33 bits per heavy atom. The zero-order valence-corrected chi connectivity index (χ0v) is 12.3. The van der Waals surface area contributed by atoms with E-state index >= 15 is 0 Å². The lowest BCUT2D eigenvalue weighted by Crippen LogP contribution is -2.46. The fraction of sp³-hybridized carbons (Fsp3) is 0.929. The molecule has 1 fully saturated rings. The molecule has 1 aliphatic rings. The highest BCUT2D eigenvalue weighted by Crippen LogP contribution is 2.18. The van der Waals surface area contributed by atoms with Crippen LogP contribution < -0.4 is 5.32 Å². The van der Waals surface area contributed by atoms with Crippen LogP contribution in [0.15, 0.2) is 0 Å². The van der Waals surface area contributed by atoms with E-state index in [1.165, 1.54) is 6.42 Å². The van der Waals surface area contributed by atoms with Crippen molar-refractivity contribution in [3.05, 3.63) is 0 Å². The van der Waals surface area contributed by atoms with Gasteiger partial charge in [0, 0.05) is 26.2 Å². The van der Waals surface area contributed by atoms with Gasteiger partial charge < -0.3 is 15.0 Å². The molecular formula is C14H28N2O2. The predicted molar refractivity (Wildman–Crippen MR) is 73.6 cm³/mol. The molecule has 0 aromatic rings. The van der Waals surface area contributed by atoms with Gasteiger partial charge in [-0.15, -0.1) is 0 Å². The lowest BCUT2D eigenvalue weighted by molar-refractivity contribution is -0.136. The summed E-state index contributed by atoms with van der Waals surface area (Å²) in [6, 6.07) is 0.568. The van der Waals surface area contributed by atoms with Crippen molar-refractivity contribution < 1.29 is 9.53 Å². The third-order valence-corrected chi connectivity index (χ3v) is 3.42. The Labute approximate surface area is 111 Å². The van der Waals surface area contributed by atoms with Crippen molar-refractivity contribution in [3.63, 3.8) is 0 Å². The molecule has 0 aliphatic carbocycles. The summed E-state index contributed by atoms with van der Waals surface area (Å²) in [7, 11) is 1.57. The highest BCUT2D eigenvalue weighted by molar-refractivity contribution is 5.77. The molecule has 0 spiro atoms. The second-order valence-corrected chi connectivity index (χ2v) is 6.35. The summed E-state index contributed by atoms with van der Waals surface area (Å²) in [5.41, 5.74) is 0.391. The van der Waals surface area contributed by atoms with E-state index in [0.29, 0.717) is 11.5 Å². The van der Waals surface area contributed by atoms with E-state index in [4.69, 9.17) is 4.74 Å². The van der Waals surface area contributed by atoms with Gasteiger partial charge in [0.25, 0.3) is 0 Å². The first-order valence-electron chi connectivity index (χ1n) is 6.92. The topological polar surface area (TPSA) is 41.6 Å². The van der Waals surface area contributed by atoms with Crippen LogP contribution in [0, 0.1) is 5.41 Å². The van der Waals surface area contributed by atoms with E-state index in [2.05, 4.69) is 26.1 Å². The summed E-state index contributed by atoms with van der Waals surface area (Å²) in [5.74, 6) is 0.116. The molecule has 1 rings (SSSR count). The van der Waals surface area contributed by atoms with Crippen LogP contribution in [0.25, 0.3) is 0 Å². The third kappa shape index (κ3) is 5.83. The average Bonchev–Trinajstić information content (AvgIpc) is 2.28. The minimum atomic E-state index is 0.116. The lowest BCUT2D eigenvalue weighted by Gasteiger charge is -2.33. The quantitative estimate of drug-likeness (QED) is 0.813. The molecule has 1 aliphatic heterocycles. The summed E-state index contributed by atoms with van der Waals surface area (Å²) in [6.07, 6.45) is 3.30. The number of methoxy groups -OCH3 is 1. The maximum Gasteiger partial charge on any atom is 0.248 e. The van der Waals surface area contributed by atoms with Crippen molar-refractivity contribution >= 4 is 5.91 Å². The number of nitrogens with one attached hydrogen (secondary N) is 1. The molecule has 4 heteroatoms. The molecule has 0 aromatic carbocycles. The minimum Gasteiger partial charge on any atom is -0.375 e. The first-order chi connectivity index (χ1) is 8.42. The van der Waals surface area contributed by atoms with E-state index in [0.717, 1.165) is 32.5 Å². The van der Waals surface area contributed by atoms with Crippen LogP contribution in [0.5, 0.6) is 0 Å². The maximum absolute atomic E-state index is 11.6. The van der Waals surface area contributed by atoms with Crippen LogP contribution in [-0.2, 0) is 9.53 Å². The van der Waals surface area contributed by atoms with Crippen molar-refractivity contribution in [1.82, 2.24) is 10.2 Å². The number of carbonyl (C=O) groups excluding carboxylic acids is 1. The Kier molecular flexibility index (Phi) is 6.09. The molecule has 106 valence electrons. The normalized spacial score (nSPS) is 18.1. The van der Waals surface area contributed by atoms with E-state index in [1.807, 2.05) is 4.90 Å². The third-order valence-electron chi connectivity index (χ3n) is 3.42. The van der Waals surface area contributed by atoms with E-state index in [-0.39, 0.29) is 12.5 Å². The standard InChI is InChI=1S/C14H28N2O2/c1-14(2,3)7-8-15-12-5-9-16(10-6-12)13(17)11-18-4/h12,15H,5-11H2,1-4H3. The van der Waals surface area contributed by atoms with Gasteiger partial charge in [0.05, 0.1) is 0 Å². The first-order valence-corrected chi connectivity index (χ1v) is 6.92. The fourth-order valence-corrected chi connectivity index (χ4v) is 2.20. The summed E-state index contributed by atoms with van der Waals surface area (Å²) in [5, 5.41) is 3.60. The number of likely N-dealkylation sites (tertiary alicyclic amines) is 1. The van der Waals surface area contributed by atoms with Crippen LogP contribution in [0.4, 0.5) is 0 Å². The van der Waals surface area contributed by atoms with Gasteiger partial charge >= 0.3 is 0 Å². The first kappa shape index (κ1) is 15.4. The Hall–Kier alpha value is -0.610. The largest absolute Gasteiger partial charge is 0.375 e. The van der Waals surface area contributed by atoms with E-state index in [1.54, 1.807) is 7.11 Å². The second-order valence-electron chi connectivity index (χ2n) is 6.35. The zero-order valence-electron chi connectivity index (χ0n) is 12.3. The molecule has 18 heavy (non-hydrogen) atoms. The highest BCUT2D eigenvalue weighted by atomic mass is 16.5. The van der Waals surface area contributed by atoms with Crippen molar-refractivity contribution in [2.75, 3.05) is 33.4 Å². The van der Waals surface area contributed by atoms with E-state index < -0.39 is 0 Å². The number of hydrogen-bond acceptors (Lipinski definition) is 3. The molecule has 0 radical (unpaired) electrons. The van der Waals surface area contributed by atoms with Crippen molar-refractivity contribution in [1.29, 1.82) is 0 Å². The molecular weight excluding hydrogens is 228 g/mol. The predicted octanol–water partition coefficient (Wildman–Crippen LogP) is 1.65. The molecule has 4 nitrogen and oxygen atoms in total. The smallest absolute Gasteiger partial charge is 0.248 e. The number of ether oxygens (including phenoxy) is 1. The van der Waals surface area contributed by atoms with Gasteiger partial charge in [-0.1, -0.05) is 20.8 Å². The Morgan fingerprint density at radius 3 is 2.44 bits per heavy atom.